The predicted molar refractivity (Wildman–Crippen MR) is 170 cm³/mol. The van der Waals surface area contributed by atoms with Crippen LogP contribution in [0.2, 0.25) is 0 Å². The lowest BCUT2D eigenvalue weighted by Crippen LogP contribution is -2.40. The van der Waals surface area contributed by atoms with Gasteiger partial charge >= 0.3 is 6.03 Å². The van der Waals surface area contributed by atoms with E-state index in [1.165, 1.54) is 30.4 Å². The molecular formula is C35H46N4O3. The van der Waals surface area contributed by atoms with Crippen LogP contribution in [0.3, 0.4) is 0 Å². The minimum absolute atomic E-state index is 0.211. The second-order valence-electron chi connectivity index (χ2n) is 11.1. The third-order valence-corrected chi connectivity index (χ3v) is 8.08. The number of hydrogen-bond acceptors (Lipinski definition) is 4. The van der Waals surface area contributed by atoms with Crippen molar-refractivity contribution in [2.75, 3.05) is 38.6 Å². The number of urea groups is 1. The molecule has 1 heterocycles. The van der Waals surface area contributed by atoms with Crippen molar-refractivity contribution < 1.29 is 14.3 Å². The van der Waals surface area contributed by atoms with E-state index in [0.29, 0.717) is 36.0 Å². The van der Waals surface area contributed by atoms with Gasteiger partial charge in [-0.1, -0.05) is 93.3 Å². The van der Waals surface area contributed by atoms with Gasteiger partial charge in [0, 0.05) is 13.1 Å². The number of hydrogen-bond donors (Lipinski definition) is 3. The number of benzene rings is 3. The Kier molecular flexibility index (Phi) is 12.3. The molecule has 7 nitrogen and oxygen atoms in total. The predicted octanol–water partition coefficient (Wildman–Crippen LogP) is 7.02. The summed E-state index contributed by atoms with van der Waals surface area (Å²) < 4.78 is 5.36. The number of amides is 3. The fourth-order valence-electron chi connectivity index (χ4n) is 5.68. The lowest BCUT2D eigenvalue weighted by molar-refractivity contribution is 0.0931. The molecule has 3 aromatic rings. The molecule has 1 saturated heterocycles. The SMILES string of the molecule is CCCCCCCNC(=O)Nc1ccc(OC)cc1C(=O)NCC1CCN(C(c2ccccc2)c2ccccc2)CC1. The molecule has 0 bridgehead atoms. The van der Waals surface area contributed by atoms with E-state index in [1.54, 1.807) is 25.3 Å². The number of rotatable bonds is 14. The van der Waals surface area contributed by atoms with Gasteiger partial charge < -0.3 is 20.7 Å². The van der Waals surface area contributed by atoms with Crippen LogP contribution >= 0.6 is 0 Å². The number of unbranched alkanes of at least 4 members (excludes halogenated alkanes) is 4. The molecule has 224 valence electrons. The molecule has 0 unspecified atom stereocenters. The van der Waals surface area contributed by atoms with Crippen LogP contribution in [0.25, 0.3) is 0 Å². The van der Waals surface area contributed by atoms with E-state index in [9.17, 15) is 9.59 Å². The van der Waals surface area contributed by atoms with E-state index in [2.05, 4.69) is 88.4 Å². The summed E-state index contributed by atoms with van der Waals surface area (Å²) in [6.07, 6.45) is 7.64. The summed E-state index contributed by atoms with van der Waals surface area (Å²) in [7, 11) is 1.57. The van der Waals surface area contributed by atoms with Crippen molar-refractivity contribution in [3.05, 3.63) is 95.6 Å². The fraction of sp³-hybridized carbons (Fsp3) is 0.429. The first-order chi connectivity index (χ1) is 20.6. The standard InChI is InChI=1S/C35H46N4O3/c1-3-4-5-6-13-22-36-35(41)38-32-19-18-30(42-2)25-31(32)34(40)37-26-27-20-23-39(24-21-27)33(28-14-9-7-10-15-28)29-16-11-8-12-17-29/h7-12,14-19,25,27,33H,3-6,13,20-24,26H2,1-2H3,(H,37,40)(H2,36,38,41). The number of carbonyl (C=O) groups is 2. The molecule has 0 saturated carbocycles. The molecule has 3 N–H and O–H groups in total. The van der Waals surface area contributed by atoms with Crippen molar-refractivity contribution in [2.45, 2.75) is 57.9 Å². The number of ether oxygens (including phenoxy) is 1. The zero-order valence-electron chi connectivity index (χ0n) is 25.1. The molecule has 0 spiro atoms. The number of carbonyl (C=O) groups excluding carboxylic acids is 2. The number of nitrogens with one attached hydrogen (secondary N) is 3. The Hall–Kier alpha value is -3.84. The van der Waals surface area contributed by atoms with E-state index in [4.69, 9.17) is 4.74 Å². The second kappa shape index (κ2) is 16.6. The van der Waals surface area contributed by atoms with Gasteiger partial charge in [0.15, 0.2) is 0 Å². The van der Waals surface area contributed by atoms with Crippen LogP contribution in [0.4, 0.5) is 10.5 Å². The number of nitrogens with zero attached hydrogens (tertiary/aromatic N) is 1. The zero-order valence-corrected chi connectivity index (χ0v) is 25.1. The van der Waals surface area contributed by atoms with Gasteiger partial charge in [-0.3, -0.25) is 9.69 Å². The Labute approximate surface area is 251 Å². The molecule has 4 rings (SSSR count). The molecule has 0 aromatic heterocycles. The van der Waals surface area contributed by atoms with Crippen molar-refractivity contribution in [3.8, 4) is 5.75 Å². The quantitative estimate of drug-likeness (QED) is 0.182. The smallest absolute Gasteiger partial charge is 0.319 e. The molecule has 0 aliphatic carbocycles. The number of methoxy groups -OCH3 is 1. The molecule has 1 fully saturated rings. The van der Waals surface area contributed by atoms with Crippen LogP contribution in [-0.4, -0.2) is 50.1 Å². The van der Waals surface area contributed by atoms with Gasteiger partial charge in [-0.2, -0.15) is 0 Å². The average molecular weight is 571 g/mol. The highest BCUT2D eigenvalue weighted by Gasteiger charge is 2.27. The summed E-state index contributed by atoms with van der Waals surface area (Å²) in [5, 5.41) is 8.89. The van der Waals surface area contributed by atoms with E-state index >= 15 is 0 Å². The molecule has 42 heavy (non-hydrogen) atoms. The van der Waals surface area contributed by atoms with Crippen LogP contribution in [0, 0.1) is 5.92 Å². The molecule has 1 aliphatic rings. The highest BCUT2D eigenvalue weighted by atomic mass is 16.5. The zero-order chi connectivity index (χ0) is 29.6. The summed E-state index contributed by atoms with van der Waals surface area (Å²) in [6.45, 7) is 5.31. The summed E-state index contributed by atoms with van der Waals surface area (Å²) in [5.41, 5.74) is 3.47. The van der Waals surface area contributed by atoms with Crippen LogP contribution in [0.1, 0.15) is 79.4 Å². The minimum atomic E-state index is -0.302. The Morgan fingerprint density at radius 2 is 1.50 bits per heavy atom. The van der Waals surface area contributed by atoms with E-state index < -0.39 is 0 Å². The molecule has 7 heteroatoms. The number of likely N-dealkylation sites (tertiary alicyclic amines) is 1. The van der Waals surface area contributed by atoms with Gasteiger partial charge in [-0.05, 0) is 67.6 Å². The molecule has 0 radical (unpaired) electrons. The van der Waals surface area contributed by atoms with Crippen molar-refractivity contribution in [1.82, 2.24) is 15.5 Å². The maximum Gasteiger partial charge on any atom is 0.319 e. The van der Waals surface area contributed by atoms with Crippen LogP contribution in [-0.2, 0) is 0 Å². The van der Waals surface area contributed by atoms with E-state index in [-0.39, 0.29) is 18.0 Å². The largest absolute Gasteiger partial charge is 0.497 e. The Morgan fingerprint density at radius 1 is 0.857 bits per heavy atom. The highest BCUT2D eigenvalue weighted by Crippen LogP contribution is 2.32. The van der Waals surface area contributed by atoms with Crippen molar-refractivity contribution >= 4 is 17.6 Å². The monoisotopic (exact) mass is 570 g/mol. The molecule has 0 atom stereocenters. The van der Waals surface area contributed by atoms with E-state index in [0.717, 1.165) is 38.8 Å². The Bertz CT molecular complexity index is 1200. The van der Waals surface area contributed by atoms with Crippen LogP contribution < -0.4 is 20.7 Å². The first-order valence-corrected chi connectivity index (χ1v) is 15.4. The van der Waals surface area contributed by atoms with Crippen LogP contribution in [0.5, 0.6) is 5.75 Å². The summed E-state index contributed by atoms with van der Waals surface area (Å²) in [4.78, 5) is 28.4. The third kappa shape index (κ3) is 9.08. The lowest BCUT2D eigenvalue weighted by Gasteiger charge is -2.38. The first kappa shape index (κ1) is 31.1. The summed E-state index contributed by atoms with van der Waals surface area (Å²) >= 11 is 0. The maximum atomic E-state index is 13.3. The Balaban J connectivity index is 1.31. The van der Waals surface area contributed by atoms with Gasteiger partial charge in [0.05, 0.1) is 24.4 Å². The maximum absolute atomic E-state index is 13.3. The normalized spacial score (nSPS) is 14.0. The van der Waals surface area contributed by atoms with Gasteiger partial charge in [0.2, 0.25) is 0 Å². The molecular weight excluding hydrogens is 524 g/mol. The summed E-state index contributed by atoms with van der Waals surface area (Å²) in [5.74, 6) is 0.747. The Morgan fingerprint density at radius 3 is 2.12 bits per heavy atom. The van der Waals surface area contributed by atoms with Gasteiger partial charge in [0.25, 0.3) is 5.91 Å². The van der Waals surface area contributed by atoms with Crippen molar-refractivity contribution in [3.63, 3.8) is 0 Å². The molecule has 3 amide bonds. The highest BCUT2D eigenvalue weighted by molar-refractivity contribution is 6.03. The van der Waals surface area contributed by atoms with Gasteiger partial charge in [-0.25, -0.2) is 4.79 Å². The lowest BCUT2D eigenvalue weighted by atomic mass is 9.91. The molecule has 1 aliphatic heterocycles. The summed E-state index contributed by atoms with van der Waals surface area (Å²) in [6, 6.07) is 26.4. The third-order valence-electron chi connectivity index (χ3n) is 8.08. The van der Waals surface area contributed by atoms with Gasteiger partial charge in [-0.15, -0.1) is 0 Å². The van der Waals surface area contributed by atoms with Crippen LogP contribution in [0.15, 0.2) is 78.9 Å². The topological polar surface area (TPSA) is 82.7 Å². The minimum Gasteiger partial charge on any atom is -0.497 e. The molecule has 3 aromatic carbocycles. The van der Waals surface area contributed by atoms with Crippen molar-refractivity contribution in [2.24, 2.45) is 5.92 Å². The first-order valence-electron chi connectivity index (χ1n) is 15.4. The van der Waals surface area contributed by atoms with Crippen molar-refractivity contribution in [1.29, 1.82) is 0 Å². The number of piperidine rings is 1. The van der Waals surface area contributed by atoms with Gasteiger partial charge in [0.1, 0.15) is 5.75 Å². The van der Waals surface area contributed by atoms with E-state index in [1.807, 2.05) is 0 Å². The average Bonchev–Trinajstić information content (AvgIpc) is 3.03. The number of anilines is 1. The second-order valence-corrected chi connectivity index (χ2v) is 11.1. The fourth-order valence-corrected chi connectivity index (χ4v) is 5.68.